The summed E-state index contributed by atoms with van der Waals surface area (Å²) in [6.45, 7) is 0. The first-order chi connectivity index (χ1) is 3.81. The Morgan fingerprint density at radius 3 is 1.56 bits per heavy atom. The van der Waals surface area contributed by atoms with E-state index in [-0.39, 0.29) is 0 Å². The molecule has 0 bridgehead atoms. The summed E-state index contributed by atoms with van der Waals surface area (Å²) in [5.41, 5.74) is 0. The van der Waals surface area contributed by atoms with Crippen molar-refractivity contribution < 1.29 is 9.13 Å². The van der Waals surface area contributed by atoms with Crippen LogP contribution in [0.3, 0.4) is 0 Å². The molecule has 0 radical (unpaired) electrons. The molecule has 0 aliphatic heterocycles. The molecule has 0 saturated heterocycles. The average molecular weight is 216 g/mol. The standard InChI is InChI=1S/C3H3Cl4FO/c1-9-3(7,8)2(4,5)6/h1H3/t3-/m1/s1. The van der Waals surface area contributed by atoms with Crippen LogP contribution >= 0.6 is 46.4 Å². The summed E-state index contributed by atoms with van der Waals surface area (Å²) in [6.07, 6.45) is 0. The molecule has 0 heterocycles. The van der Waals surface area contributed by atoms with E-state index in [1.807, 2.05) is 0 Å². The number of rotatable bonds is 1. The lowest BCUT2D eigenvalue weighted by molar-refractivity contribution is -0.0429. The Bertz CT molecular complexity index is 98.5. The number of halogens is 5. The second kappa shape index (κ2) is 2.97. The maximum atomic E-state index is 12.5. The van der Waals surface area contributed by atoms with Gasteiger partial charge in [-0.15, -0.1) is 0 Å². The third kappa shape index (κ3) is 2.64. The fourth-order valence-corrected chi connectivity index (χ4v) is 0.347. The summed E-state index contributed by atoms with van der Waals surface area (Å²) < 4.78 is 14.2. The van der Waals surface area contributed by atoms with E-state index in [2.05, 4.69) is 4.74 Å². The Morgan fingerprint density at radius 1 is 1.22 bits per heavy atom. The van der Waals surface area contributed by atoms with Crippen molar-refractivity contribution >= 4 is 46.4 Å². The normalized spacial score (nSPS) is 19.3. The van der Waals surface area contributed by atoms with E-state index in [1.54, 1.807) is 0 Å². The van der Waals surface area contributed by atoms with E-state index in [9.17, 15) is 4.39 Å². The van der Waals surface area contributed by atoms with Crippen molar-refractivity contribution in [1.82, 2.24) is 0 Å². The van der Waals surface area contributed by atoms with E-state index < -0.39 is 9.11 Å². The molecule has 0 spiro atoms. The van der Waals surface area contributed by atoms with Crippen LogP contribution in [-0.2, 0) is 4.74 Å². The predicted molar refractivity (Wildman–Crippen MR) is 37.0 cm³/mol. The Morgan fingerprint density at radius 2 is 1.56 bits per heavy atom. The zero-order valence-electron chi connectivity index (χ0n) is 4.30. The molecule has 0 unspecified atom stereocenters. The third-order valence-electron chi connectivity index (χ3n) is 0.586. The van der Waals surface area contributed by atoms with Gasteiger partial charge >= 0.3 is 5.31 Å². The minimum atomic E-state index is -2.75. The summed E-state index contributed by atoms with van der Waals surface area (Å²) >= 11 is 20.0. The summed E-state index contributed by atoms with van der Waals surface area (Å²) in [6, 6.07) is 0. The molecule has 0 N–H and O–H groups in total. The molecule has 0 aliphatic carbocycles. The molecule has 0 aromatic rings. The van der Waals surface area contributed by atoms with Crippen molar-refractivity contribution in [3.63, 3.8) is 0 Å². The van der Waals surface area contributed by atoms with Gasteiger partial charge in [0.1, 0.15) is 0 Å². The Labute approximate surface area is 72.0 Å². The quantitative estimate of drug-likeness (QED) is 0.612. The van der Waals surface area contributed by atoms with Gasteiger partial charge in [0.25, 0.3) is 3.79 Å². The van der Waals surface area contributed by atoms with Gasteiger partial charge in [0, 0.05) is 7.11 Å². The van der Waals surface area contributed by atoms with Crippen LogP contribution in [0.4, 0.5) is 4.39 Å². The second-order valence-corrected chi connectivity index (χ2v) is 3.99. The van der Waals surface area contributed by atoms with E-state index in [4.69, 9.17) is 46.4 Å². The van der Waals surface area contributed by atoms with E-state index >= 15 is 0 Å². The van der Waals surface area contributed by atoms with E-state index in [0.717, 1.165) is 7.11 Å². The minimum Gasteiger partial charge on any atom is -0.334 e. The fraction of sp³-hybridized carbons (Fsp3) is 1.00. The van der Waals surface area contributed by atoms with Gasteiger partial charge in [-0.3, -0.25) is 0 Å². The van der Waals surface area contributed by atoms with Crippen molar-refractivity contribution in [1.29, 1.82) is 0 Å². The zero-order valence-corrected chi connectivity index (χ0v) is 7.32. The van der Waals surface area contributed by atoms with E-state index in [1.165, 1.54) is 0 Å². The summed E-state index contributed by atoms with van der Waals surface area (Å²) in [7, 11) is 0.995. The smallest absolute Gasteiger partial charge is 0.333 e. The highest BCUT2D eigenvalue weighted by atomic mass is 35.6. The number of hydrogen-bond donors (Lipinski definition) is 0. The molecule has 56 valence electrons. The molecule has 0 aromatic heterocycles. The van der Waals surface area contributed by atoms with Crippen LogP contribution in [0.25, 0.3) is 0 Å². The first-order valence-corrected chi connectivity index (χ1v) is 3.32. The number of alkyl halides is 5. The lowest BCUT2D eigenvalue weighted by Crippen LogP contribution is -2.33. The molecule has 0 aliphatic rings. The maximum Gasteiger partial charge on any atom is 0.333 e. The predicted octanol–water partition coefficient (Wildman–Crippen LogP) is 2.87. The fourth-order valence-electron chi connectivity index (χ4n) is 0.116. The number of ether oxygens (including phenoxy) is 1. The molecule has 0 saturated carbocycles. The van der Waals surface area contributed by atoms with Crippen molar-refractivity contribution in [3.05, 3.63) is 0 Å². The summed E-state index contributed by atoms with van der Waals surface area (Å²) in [4.78, 5) is 0. The van der Waals surface area contributed by atoms with Crippen molar-refractivity contribution in [2.45, 2.75) is 9.11 Å². The van der Waals surface area contributed by atoms with E-state index in [0.29, 0.717) is 0 Å². The molecular weight excluding hydrogens is 213 g/mol. The molecular formula is C3H3Cl4FO. The third-order valence-corrected chi connectivity index (χ3v) is 2.04. The van der Waals surface area contributed by atoms with Gasteiger partial charge in [0.05, 0.1) is 0 Å². The lowest BCUT2D eigenvalue weighted by Gasteiger charge is -2.22. The highest BCUT2D eigenvalue weighted by Crippen LogP contribution is 2.44. The van der Waals surface area contributed by atoms with Gasteiger partial charge in [-0.1, -0.05) is 34.8 Å². The highest BCUT2D eigenvalue weighted by Gasteiger charge is 2.48. The van der Waals surface area contributed by atoms with Gasteiger partial charge < -0.3 is 4.74 Å². The molecule has 1 atom stereocenters. The molecule has 9 heavy (non-hydrogen) atoms. The van der Waals surface area contributed by atoms with Crippen LogP contribution in [-0.4, -0.2) is 16.2 Å². The second-order valence-electron chi connectivity index (χ2n) is 1.22. The van der Waals surface area contributed by atoms with Crippen LogP contribution < -0.4 is 0 Å². The number of methoxy groups -OCH3 is 1. The van der Waals surface area contributed by atoms with Gasteiger partial charge in [-0.05, 0) is 11.6 Å². The minimum absolute atomic E-state index is 0.995. The van der Waals surface area contributed by atoms with Gasteiger partial charge in [0.15, 0.2) is 0 Å². The van der Waals surface area contributed by atoms with Crippen molar-refractivity contribution in [2.75, 3.05) is 7.11 Å². The Hall–Kier alpha value is 1.05. The largest absolute Gasteiger partial charge is 0.334 e. The summed E-state index contributed by atoms with van der Waals surface area (Å²) in [5, 5.41) is -2.75. The van der Waals surface area contributed by atoms with Crippen LogP contribution in [0.15, 0.2) is 0 Å². The maximum absolute atomic E-state index is 12.5. The van der Waals surface area contributed by atoms with Crippen molar-refractivity contribution in [3.8, 4) is 0 Å². The molecule has 0 fully saturated rings. The van der Waals surface area contributed by atoms with Crippen molar-refractivity contribution in [2.24, 2.45) is 0 Å². The molecule has 0 aromatic carbocycles. The Balaban J connectivity index is 4.14. The van der Waals surface area contributed by atoms with Gasteiger partial charge in [-0.25, -0.2) is 0 Å². The Kier molecular flexibility index (Phi) is 3.32. The first-order valence-electron chi connectivity index (χ1n) is 1.81. The van der Waals surface area contributed by atoms with Gasteiger partial charge in [0.2, 0.25) is 0 Å². The molecule has 0 rings (SSSR count). The van der Waals surface area contributed by atoms with Crippen LogP contribution in [0.1, 0.15) is 0 Å². The molecule has 6 heteroatoms. The van der Waals surface area contributed by atoms with Crippen LogP contribution in [0.5, 0.6) is 0 Å². The number of hydrogen-bond acceptors (Lipinski definition) is 1. The highest BCUT2D eigenvalue weighted by molar-refractivity contribution is 6.70. The topological polar surface area (TPSA) is 9.23 Å². The zero-order chi connectivity index (χ0) is 7.71. The lowest BCUT2D eigenvalue weighted by atomic mass is 10.7. The molecule has 0 amide bonds. The molecule has 1 nitrogen and oxygen atoms in total. The monoisotopic (exact) mass is 214 g/mol. The van der Waals surface area contributed by atoms with Crippen LogP contribution in [0.2, 0.25) is 0 Å². The average Bonchev–Trinajstić information content (AvgIpc) is 1.64. The SMILES string of the molecule is CO[C@@](F)(Cl)C(Cl)(Cl)Cl. The van der Waals surface area contributed by atoms with Crippen LogP contribution in [0, 0.1) is 0 Å². The van der Waals surface area contributed by atoms with Gasteiger partial charge in [-0.2, -0.15) is 4.39 Å². The first kappa shape index (κ1) is 10.0. The summed E-state index contributed by atoms with van der Waals surface area (Å²) in [5.74, 6) is 0.